The van der Waals surface area contributed by atoms with Gasteiger partial charge in [0, 0.05) is 6.20 Å². The molecule has 1 heterocycles. The number of carbonyl (C=O) groups excluding carboxylic acids is 4. The van der Waals surface area contributed by atoms with E-state index in [-0.39, 0.29) is 27.5 Å². The van der Waals surface area contributed by atoms with Gasteiger partial charge in [0.15, 0.2) is 6.61 Å². The summed E-state index contributed by atoms with van der Waals surface area (Å²) >= 11 is 5.79. The fourth-order valence-corrected chi connectivity index (χ4v) is 2.31. The molecule has 146 valence electrons. The second-order valence-electron chi connectivity index (χ2n) is 5.21. The number of pyridine rings is 1. The van der Waals surface area contributed by atoms with Crippen molar-refractivity contribution in [2.45, 2.75) is 0 Å². The molecule has 1 amide bonds. The summed E-state index contributed by atoms with van der Waals surface area (Å²) in [5, 5.41) is 2.33. The first kappa shape index (κ1) is 20.8. The predicted octanol–water partition coefficient (Wildman–Crippen LogP) is 2.10. The van der Waals surface area contributed by atoms with Gasteiger partial charge in [-0.25, -0.2) is 19.4 Å². The second-order valence-corrected chi connectivity index (χ2v) is 5.57. The number of amides is 1. The zero-order valence-electron chi connectivity index (χ0n) is 14.9. The lowest BCUT2D eigenvalue weighted by molar-refractivity contribution is -0.119. The van der Waals surface area contributed by atoms with Crippen molar-refractivity contribution >= 4 is 41.1 Å². The topological polar surface area (TPSA) is 121 Å². The largest absolute Gasteiger partial charge is 0.465 e. The van der Waals surface area contributed by atoms with Gasteiger partial charge in [0.1, 0.15) is 5.15 Å². The van der Waals surface area contributed by atoms with Crippen LogP contribution >= 0.6 is 11.6 Å². The van der Waals surface area contributed by atoms with Crippen molar-refractivity contribution in [2.75, 3.05) is 26.1 Å². The van der Waals surface area contributed by atoms with Gasteiger partial charge in [-0.15, -0.1) is 0 Å². The second kappa shape index (κ2) is 9.47. The molecule has 0 fully saturated rings. The van der Waals surface area contributed by atoms with E-state index < -0.39 is 30.4 Å². The Morgan fingerprint density at radius 1 is 1.00 bits per heavy atom. The van der Waals surface area contributed by atoms with Crippen molar-refractivity contribution in [1.82, 2.24) is 4.98 Å². The molecule has 1 aromatic heterocycles. The molecule has 0 unspecified atom stereocenters. The van der Waals surface area contributed by atoms with Crippen LogP contribution in [0.1, 0.15) is 31.1 Å². The fourth-order valence-electron chi connectivity index (χ4n) is 2.11. The zero-order chi connectivity index (χ0) is 20.7. The van der Waals surface area contributed by atoms with Crippen LogP contribution in [-0.2, 0) is 19.0 Å². The first-order chi connectivity index (χ1) is 13.4. The minimum absolute atomic E-state index is 0.0000879. The number of hydrogen-bond acceptors (Lipinski definition) is 8. The lowest BCUT2D eigenvalue weighted by atomic mass is 10.1. The van der Waals surface area contributed by atoms with Crippen LogP contribution in [0.25, 0.3) is 0 Å². The Kier molecular flexibility index (Phi) is 7.05. The number of benzene rings is 1. The van der Waals surface area contributed by atoms with Crippen LogP contribution in [0, 0.1) is 0 Å². The summed E-state index contributed by atoms with van der Waals surface area (Å²) in [5.74, 6) is -2.99. The fraction of sp³-hybridized carbons (Fsp3) is 0.167. The Labute approximate surface area is 164 Å². The SMILES string of the molecule is COC(=O)c1ccc(C(=O)OC)c(NC(=O)COC(=O)c2cccnc2Cl)c1. The van der Waals surface area contributed by atoms with E-state index in [1.54, 1.807) is 0 Å². The van der Waals surface area contributed by atoms with Crippen LogP contribution in [0.2, 0.25) is 5.15 Å². The number of anilines is 1. The van der Waals surface area contributed by atoms with E-state index in [0.29, 0.717) is 0 Å². The first-order valence-corrected chi connectivity index (χ1v) is 8.13. The van der Waals surface area contributed by atoms with Crippen molar-refractivity contribution in [2.24, 2.45) is 0 Å². The zero-order valence-corrected chi connectivity index (χ0v) is 15.6. The van der Waals surface area contributed by atoms with Crippen molar-refractivity contribution in [1.29, 1.82) is 0 Å². The number of esters is 3. The molecule has 0 saturated heterocycles. The number of carbonyl (C=O) groups is 4. The average molecular weight is 407 g/mol. The Morgan fingerprint density at radius 2 is 1.71 bits per heavy atom. The standard InChI is InChI=1S/C18H15ClN2O7/c1-26-16(23)10-5-6-11(17(24)27-2)13(8-10)21-14(22)9-28-18(25)12-4-3-7-20-15(12)19/h3-8H,9H2,1-2H3,(H,21,22). The number of rotatable bonds is 6. The molecule has 0 radical (unpaired) electrons. The highest BCUT2D eigenvalue weighted by atomic mass is 35.5. The van der Waals surface area contributed by atoms with Crippen molar-refractivity contribution in [3.8, 4) is 0 Å². The van der Waals surface area contributed by atoms with Crippen molar-refractivity contribution in [3.05, 3.63) is 58.4 Å². The summed E-state index contributed by atoms with van der Waals surface area (Å²) < 4.78 is 14.1. The number of nitrogens with one attached hydrogen (secondary N) is 1. The van der Waals surface area contributed by atoms with Gasteiger partial charge in [-0.05, 0) is 30.3 Å². The number of methoxy groups -OCH3 is 2. The third kappa shape index (κ3) is 5.04. The molecule has 0 aliphatic heterocycles. The summed E-state index contributed by atoms with van der Waals surface area (Å²) in [5.41, 5.74) is 0.102. The minimum atomic E-state index is -0.843. The van der Waals surface area contributed by atoms with E-state index in [4.69, 9.17) is 16.3 Å². The van der Waals surface area contributed by atoms with E-state index in [2.05, 4.69) is 19.8 Å². The highest BCUT2D eigenvalue weighted by Crippen LogP contribution is 2.20. The number of ether oxygens (including phenoxy) is 3. The molecule has 2 rings (SSSR count). The molecule has 10 heteroatoms. The van der Waals surface area contributed by atoms with Crippen LogP contribution < -0.4 is 5.32 Å². The number of nitrogens with zero attached hydrogens (tertiary/aromatic N) is 1. The molecule has 1 N–H and O–H groups in total. The smallest absolute Gasteiger partial charge is 0.341 e. The summed E-state index contributed by atoms with van der Waals surface area (Å²) in [7, 11) is 2.36. The molecule has 0 saturated carbocycles. The maximum Gasteiger partial charge on any atom is 0.341 e. The molecule has 2 aromatic rings. The number of halogens is 1. The molecular weight excluding hydrogens is 392 g/mol. The van der Waals surface area contributed by atoms with Crippen molar-refractivity contribution < 1.29 is 33.4 Å². The predicted molar refractivity (Wildman–Crippen MR) is 97.3 cm³/mol. The van der Waals surface area contributed by atoms with Gasteiger partial charge < -0.3 is 19.5 Å². The minimum Gasteiger partial charge on any atom is -0.465 e. The molecule has 9 nitrogen and oxygen atoms in total. The van der Waals surface area contributed by atoms with Crippen LogP contribution in [0.5, 0.6) is 0 Å². The van der Waals surface area contributed by atoms with Gasteiger partial charge in [-0.2, -0.15) is 0 Å². The maximum absolute atomic E-state index is 12.1. The van der Waals surface area contributed by atoms with Gasteiger partial charge in [-0.3, -0.25) is 4.79 Å². The summed E-state index contributed by atoms with van der Waals surface area (Å²) in [6, 6.07) is 6.78. The van der Waals surface area contributed by atoms with Crippen molar-refractivity contribution in [3.63, 3.8) is 0 Å². The third-order valence-electron chi connectivity index (χ3n) is 3.43. The lowest BCUT2D eigenvalue weighted by Crippen LogP contribution is -2.23. The van der Waals surface area contributed by atoms with E-state index >= 15 is 0 Å². The van der Waals surface area contributed by atoms with Gasteiger partial charge in [-0.1, -0.05) is 11.6 Å². The third-order valence-corrected chi connectivity index (χ3v) is 3.73. The van der Waals surface area contributed by atoms with Gasteiger partial charge in [0.05, 0.1) is 36.6 Å². The van der Waals surface area contributed by atoms with Gasteiger partial charge >= 0.3 is 17.9 Å². The van der Waals surface area contributed by atoms with E-state index in [0.717, 1.165) is 0 Å². The number of hydrogen-bond donors (Lipinski definition) is 1. The maximum atomic E-state index is 12.1. The first-order valence-electron chi connectivity index (χ1n) is 7.75. The Bertz CT molecular complexity index is 930. The quantitative estimate of drug-likeness (QED) is 0.440. The highest BCUT2D eigenvalue weighted by molar-refractivity contribution is 6.32. The summed E-state index contributed by atoms with van der Waals surface area (Å²) in [6.07, 6.45) is 1.40. The Morgan fingerprint density at radius 3 is 2.36 bits per heavy atom. The summed E-state index contributed by atoms with van der Waals surface area (Å²) in [6.45, 7) is -0.660. The van der Waals surface area contributed by atoms with Crippen LogP contribution in [-0.4, -0.2) is 49.6 Å². The molecule has 28 heavy (non-hydrogen) atoms. The Balaban J connectivity index is 2.13. The normalized spacial score (nSPS) is 9.96. The molecule has 0 spiro atoms. The highest BCUT2D eigenvalue weighted by Gasteiger charge is 2.19. The lowest BCUT2D eigenvalue weighted by Gasteiger charge is -2.12. The van der Waals surface area contributed by atoms with E-state index in [9.17, 15) is 19.2 Å². The summed E-state index contributed by atoms with van der Waals surface area (Å²) in [4.78, 5) is 51.4. The molecule has 0 atom stereocenters. The number of aromatic nitrogens is 1. The van der Waals surface area contributed by atoms with E-state index in [1.807, 2.05) is 0 Å². The molecule has 0 bridgehead atoms. The molecular formula is C18H15ClN2O7. The van der Waals surface area contributed by atoms with Gasteiger partial charge in [0.25, 0.3) is 5.91 Å². The molecule has 0 aliphatic rings. The molecule has 0 aliphatic carbocycles. The monoisotopic (exact) mass is 406 g/mol. The Hall–Kier alpha value is -3.46. The van der Waals surface area contributed by atoms with Crippen LogP contribution in [0.3, 0.4) is 0 Å². The van der Waals surface area contributed by atoms with Crippen LogP contribution in [0.15, 0.2) is 36.5 Å². The molecule has 1 aromatic carbocycles. The van der Waals surface area contributed by atoms with Crippen LogP contribution in [0.4, 0.5) is 5.69 Å². The average Bonchev–Trinajstić information content (AvgIpc) is 2.71. The van der Waals surface area contributed by atoms with Gasteiger partial charge in [0.2, 0.25) is 0 Å². The van der Waals surface area contributed by atoms with E-state index in [1.165, 1.54) is 50.7 Å².